The number of hydrogen-bond donors (Lipinski definition) is 7. The Bertz CT molecular complexity index is 4410. The van der Waals surface area contributed by atoms with Crippen molar-refractivity contribution in [1.82, 2.24) is 16.1 Å². The van der Waals surface area contributed by atoms with E-state index in [2.05, 4.69) is 201 Å². The van der Waals surface area contributed by atoms with Crippen molar-refractivity contribution in [2.24, 2.45) is 10.9 Å². The van der Waals surface area contributed by atoms with Gasteiger partial charge >= 0.3 is 46.2 Å². The van der Waals surface area contributed by atoms with Crippen LogP contribution in [0.15, 0.2) is 272 Å². The van der Waals surface area contributed by atoms with E-state index in [1.807, 2.05) is 72.8 Å². The molecule has 0 spiro atoms. The number of halogens is 2. The largest absolute Gasteiger partial charge is 1.00 e. The normalized spacial score (nSPS) is 12.4. The fourth-order valence-corrected chi connectivity index (χ4v) is 13.5. The number of aldehydes is 1. The van der Waals surface area contributed by atoms with Gasteiger partial charge in [-0.15, -0.1) is 0 Å². The summed E-state index contributed by atoms with van der Waals surface area (Å²) in [7, 11) is 3.72. The molecule has 11 aromatic carbocycles. The van der Waals surface area contributed by atoms with Crippen molar-refractivity contribution in [2.75, 3.05) is 21.3 Å². The molecule has 0 aliphatic heterocycles. The predicted molar refractivity (Wildman–Crippen MR) is 424 cm³/mol. The topological polar surface area (TPSA) is 270 Å². The van der Waals surface area contributed by atoms with Crippen molar-refractivity contribution in [3.63, 3.8) is 0 Å². The van der Waals surface area contributed by atoms with Crippen LogP contribution in [0.3, 0.4) is 0 Å². The van der Waals surface area contributed by atoms with Gasteiger partial charge in [-0.05, 0) is 200 Å². The Morgan fingerprint density at radius 1 is 0.444 bits per heavy atom. The van der Waals surface area contributed by atoms with Crippen molar-refractivity contribution in [3.05, 3.63) is 389 Å². The van der Waals surface area contributed by atoms with Crippen LogP contribution in [0.2, 0.25) is 0 Å². The van der Waals surface area contributed by atoms with Crippen LogP contribution in [0, 0.1) is 0 Å². The molecule has 0 fully saturated rings. The first kappa shape index (κ1) is 87.0. The number of carbonyl (C=O) groups is 5. The summed E-state index contributed by atoms with van der Waals surface area (Å²) in [6, 6.07) is 89.5. The summed E-state index contributed by atoms with van der Waals surface area (Å²) < 4.78 is 8.36. The van der Waals surface area contributed by atoms with Gasteiger partial charge < -0.3 is 43.1 Å². The SMILES string of the molecule is CO.COC(=O)c1ccc(C=O)cc1.COC(=O)c1ccc(CNC2c3ccccc3CCc3ccccc32)cc1.NC1c2ccccc2CCc2ccccc21.O.O=C(Cl)Cl.O=C(NO)c1ccc(CNC2c3ccccc3CCc3ccccc32)cc1.ON=C1c2ccccc2CCc2ccccc21.[B].[H-].[Na+]. The summed E-state index contributed by atoms with van der Waals surface area (Å²) in [6.45, 7) is 1.42. The molecule has 4 aliphatic carbocycles. The standard InChI is InChI=1S/C24H23NO2.C23H22N2O2.C15H13NO.C15H15N.C9H8O3.CCl2O.CH4O.B.Na.H2O.H/c1-27-24(26)20-12-10-17(11-13-20)16-25-23-21-8-4-2-6-18(21)14-15-19-7-3-5-9-22(19)23;26-23(25-27)19-11-9-16(10-12-19)15-24-22-20-7-3-1-5-17(20)13-14-18-6-2-4-8-21(18)22;17-16-15-13-7-3-1-5-11(13)9-10-12-6-2-4-8-14(12)15;16-15-13-7-3-1-5-11(13)9-10-12-6-2-4-8-14(12)15;1-12-9(11)8-4-2-7(6-10)3-5-8;2-1(3)4;1-2;;;;/h2-13,23,25H,14-16H2,1H3;1-12,22,24,27H,13-15H2,(H,25,26);1-8,17H,9-10H2;1-8,15H,9-10,16H2;2-6H,1H3;;2H,1H3;;;1H2;/q;;;;;;;;+1;;-1. The van der Waals surface area contributed by atoms with E-state index >= 15 is 0 Å². The second-order valence-corrected chi connectivity index (χ2v) is 25.7. The smallest absolute Gasteiger partial charge is 1.00 e. The number of hydroxylamine groups is 1. The van der Waals surface area contributed by atoms with E-state index in [0.717, 1.165) is 93.6 Å². The number of methoxy groups -OCH3 is 2. The van der Waals surface area contributed by atoms with Crippen LogP contribution in [-0.2, 0) is 73.9 Å². The minimum absolute atomic E-state index is 0. The number of esters is 2. The predicted octanol–water partition coefficient (Wildman–Crippen LogP) is 12.5. The number of fused-ring (bicyclic) bond motifs is 8. The maximum atomic E-state index is 11.6. The molecule has 1 amide bonds. The first-order chi connectivity index (χ1) is 51.3. The van der Waals surface area contributed by atoms with E-state index in [-0.39, 0.29) is 69.0 Å². The van der Waals surface area contributed by atoms with E-state index in [9.17, 15) is 24.4 Å². The van der Waals surface area contributed by atoms with Crippen LogP contribution in [-0.4, -0.2) is 85.3 Å². The molecule has 16 nitrogen and oxygen atoms in total. The maximum absolute atomic E-state index is 11.6. The summed E-state index contributed by atoms with van der Waals surface area (Å²) in [5.74, 6) is -1.20. The third-order valence-electron chi connectivity index (χ3n) is 18.7. The van der Waals surface area contributed by atoms with Crippen LogP contribution in [0.1, 0.15) is 161 Å². The van der Waals surface area contributed by atoms with Crippen LogP contribution in [0.4, 0.5) is 4.79 Å². The Morgan fingerprint density at radius 2 is 0.704 bits per heavy atom. The van der Waals surface area contributed by atoms with Gasteiger partial charge in [0.05, 0.1) is 43.5 Å². The van der Waals surface area contributed by atoms with Crippen LogP contribution in [0.5, 0.6) is 0 Å². The average molecular weight is 1500 g/mol. The van der Waals surface area contributed by atoms with Gasteiger partial charge in [0.1, 0.15) is 12.0 Å². The van der Waals surface area contributed by atoms with Gasteiger partial charge in [-0.2, -0.15) is 0 Å². The number of carbonyl (C=O) groups excluding carboxylic acids is 5. The number of nitrogens with two attached hydrogens (primary N) is 1. The van der Waals surface area contributed by atoms with Gasteiger partial charge in [-0.1, -0.05) is 236 Å². The number of nitrogens with one attached hydrogen (secondary N) is 3. The van der Waals surface area contributed by atoms with Crippen molar-refractivity contribution < 1.29 is 85.4 Å². The number of aliphatic hydroxyl groups is 1. The van der Waals surface area contributed by atoms with Crippen LogP contribution < -0.4 is 51.4 Å². The molecule has 549 valence electrons. The second-order valence-electron chi connectivity index (χ2n) is 24.8. The number of hydrogen-bond acceptors (Lipinski definition) is 14. The van der Waals surface area contributed by atoms with Crippen LogP contribution in [0.25, 0.3) is 0 Å². The quantitative estimate of drug-likeness (QED) is 0.0128. The van der Waals surface area contributed by atoms with Crippen molar-refractivity contribution >= 4 is 66.2 Å². The molecule has 0 atom stereocenters. The fourth-order valence-electron chi connectivity index (χ4n) is 13.5. The second kappa shape index (κ2) is 45.0. The number of aliphatic hydroxyl groups excluding tert-OH is 1. The zero-order chi connectivity index (χ0) is 74.5. The van der Waals surface area contributed by atoms with Gasteiger partial charge in [0.25, 0.3) is 5.91 Å². The Morgan fingerprint density at radius 3 is 1.00 bits per heavy atom. The number of nitrogens with zero attached hydrogens (tertiary/aromatic N) is 1. The van der Waals surface area contributed by atoms with E-state index in [4.69, 9.17) is 25.6 Å². The zero-order valence-corrected chi connectivity index (χ0v) is 64.4. The molecular formula is C88H88BCl2N5NaO11. The summed E-state index contributed by atoms with van der Waals surface area (Å²) >= 11 is 8.80. The Balaban J connectivity index is 0.000000244. The van der Waals surface area contributed by atoms with E-state index in [0.29, 0.717) is 34.5 Å². The third-order valence-corrected chi connectivity index (χ3v) is 18.7. The molecule has 0 heterocycles. The molecule has 0 bridgehead atoms. The summed E-state index contributed by atoms with van der Waals surface area (Å²) in [5.41, 5.74) is 33.8. The molecule has 10 N–H and O–H groups in total. The molecule has 4 aliphatic rings. The average Bonchev–Trinajstić information content (AvgIpc) is 1.74. The van der Waals surface area contributed by atoms with Gasteiger partial charge in [0, 0.05) is 50.9 Å². The molecule has 15 rings (SSSR count). The summed E-state index contributed by atoms with van der Waals surface area (Å²) in [5, 5.41) is 36.0. The Labute approximate surface area is 667 Å². The minimum atomic E-state index is -0.889. The first-order valence-electron chi connectivity index (χ1n) is 34.5. The number of rotatable bonds is 10. The van der Waals surface area contributed by atoms with Crippen molar-refractivity contribution in [3.8, 4) is 0 Å². The van der Waals surface area contributed by atoms with Crippen LogP contribution >= 0.6 is 23.2 Å². The summed E-state index contributed by atoms with van der Waals surface area (Å²) in [4.78, 5) is 53.2. The van der Waals surface area contributed by atoms with Crippen molar-refractivity contribution in [1.29, 1.82) is 0 Å². The molecule has 0 unspecified atom stereocenters. The first-order valence-corrected chi connectivity index (χ1v) is 35.3. The monoisotopic (exact) mass is 1490 g/mol. The number of benzene rings is 11. The molecule has 20 heteroatoms. The number of ether oxygens (including phenoxy) is 2. The summed E-state index contributed by atoms with van der Waals surface area (Å²) in [6.07, 6.45) is 9.15. The number of amides is 1. The third kappa shape index (κ3) is 23.5. The molecule has 3 radical (unpaired) electrons. The van der Waals surface area contributed by atoms with Gasteiger partial charge in [-0.3, -0.25) is 19.6 Å². The van der Waals surface area contributed by atoms with E-state index in [1.54, 1.807) is 41.9 Å². The molecule has 108 heavy (non-hydrogen) atoms. The Kier molecular flexibility index (Phi) is 36.2. The Hall–Kier alpha value is -9.96. The molecular weight excluding hydrogens is 1410 g/mol. The fraction of sp³-hybridized carbons (Fsp3) is 0.182. The minimum Gasteiger partial charge on any atom is -1.00 e. The molecule has 11 aromatic rings. The molecule has 0 aromatic heterocycles. The molecule has 0 saturated carbocycles. The van der Waals surface area contributed by atoms with Gasteiger partial charge in [0.2, 0.25) is 0 Å². The van der Waals surface area contributed by atoms with Gasteiger partial charge in [-0.25, -0.2) is 15.1 Å². The molecule has 0 saturated heterocycles. The van der Waals surface area contributed by atoms with E-state index < -0.39 is 16.6 Å². The number of oxime groups is 1. The zero-order valence-electron chi connectivity index (χ0n) is 61.8. The van der Waals surface area contributed by atoms with Gasteiger partial charge in [0.15, 0.2) is 0 Å². The number of aryl methyl sites for hydroxylation is 8. The van der Waals surface area contributed by atoms with E-state index in [1.165, 1.54) is 92.1 Å². The maximum Gasteiger partial charge on any atom is 1.00 e. The van der Waals surface area contributed by atoms with Crippen molar-refractivity contribution in [2.45, 2.75) is 82.6 Å².